The number of rotatable bonds is 4. The summed E-state index contributed by atoms with van der Waals surface area (Å²) in [5, 5.41) is 3.22. The maximum Gasteiger partial charge on any atom is 0.269 e. The van der Waals surface area contributed by atoms with Gasteiger partial charge in [-0.15, -0.1) is 0 Å². The number of hydrogen-bond acceptors (Lipinski definition) is 4. The van der Waals surface area contributed by atoms with E-state index in [1.807, 2.05) is 32.0 Å². The van der Waals surface area contributed by atoms with E-state index in [2.05, 4.69) is 16.2 Å². The summed E-state index contributed by atoms with van der Waals surface area (Å²) in [6, 6.07) is 9.76. The van der Waals surface area contributed by atoms with E-state index >= 15 is 0 Å². The van der Waals surface area contributed by atoms with Crippen LogP contribution in [0.1, 0.15) is 21.5 Å². The van der Waals surface area contributed by atoms with Crippen LogP contribution in [0.25, 0.3) is 0 Å². The zero-order valence-electron chi connectivity index (χ0n) is 15.8. The Morgan fingerprint density at radius 1 is 1.11 bits per heavy atom. The first-order valence-corrected chi connectivity index (χ1v) is 10.4. The molecule has 7 nitrogen and oxygen atoms in total. The summed E-state index contributed by atoms with van der Waals surface area (Å²) in [5.74, 6) is -0.558. The fourth-order valence-corrected chi connectivity index (χ4v) is 3.82. The molecule has 0 saturated carbocycles. The highest BCUT2D eigenvalue weighted by Gasteiger charge is 2.22. The average molecular weight is 441 g/mol. The van der Waals surface area contributed by atoms with Crippen LogP contribution in [0.15, 0.2) is 41.3 Å². The van der Waals surface area contributed by atoms with Crippen molar-refractivity contribution >= 4 is 50.5 Å². The van der Waals surface area contributed by atoms with Crippen molar-refractivity contribution in [3.63, 3.8) is 0 Å². The van der Waals surface area contributed by atoms with Crippen LogP contribution in [0.4, 0.5) is 5.69 Å². The third kappa shape index (κ3) is 4.99. The summed E-state index contributed by atoms with van der Waals surface area (Å²) in [6.45, 7) is 3.94. The lowest BCUT2D eigenvalue weighted by Crippen LogP contribution is -2.43. The number of carbonyl (C=O) groups excluding carboxylic acids is 1. The monoisotopic (exact) mass is 440 g/mol. The Bertz CT molecular complexity index is 1020. The average Bonchev–Trinajstić information content (AvgIpc) is 2.63. The fraction of sp³-hybridized carbons (Fsp3) is 0.222. The molecule has 0 bridgehead atoms. The molecule has 0 saturated heterocycles. The summed E-state index contributed by atoms with van der Waals surface area (Å²) in [7, 11) is -1.01. The standard InChI is InChI=1S/C18H21ClN4O3S2/c1-11-6-5-7-15(12(11)2)20-18(27)22-21-17(24)13-8-9-14(19)16(10-13)28(25,26)23(3)4/h5-10H,1-4H3,(H,21,24)(H2,20,22,27). The first-order valence-electron chi connectivity index (χ1n) is 8.19. The Morgan fingerprint density at radius 2 is 1.79 bits per heavy atom. The molecule has 10 heteroatoms. The summed E-state index contributed by atoms with van der Waals surface area (Å²) < 4.78 is 25.7. The van der Waals surface area contributed by atoms with Crippen LogP contribution in [0, 0.1) is 13.8 Å². The van der Waals surface area contributed by atoms with Crippen LogP contribution in [0.3, 0.4) is 0 Å². The predicted molar refractivity (Wildman–Crippen MR) is 115 cm³/mol. The van der Waals surface area contributed by atoms with Crippen LogP contribution >= 0.6 is 23.8 Å². The molecule has 0 radical (unpaired) electrons. The van der Waals surface area contributed by atoms with Crippen molar-refractivity contribution in [2.45, 2.75) is 18.7 Å². The van der Waals surface area contributed by atoms with E-state index in [9.17, 15) is 13.2 Å². The SMILES string of the molecule is Cc1cccc(NC(=S)NNC(=O)c2ccc(Cl)c(S(=O)(=O)N(C)C)c2)c1C. The number of halogens is 1. The molecule has 0 aliphatic rings. The van der Waals surface area contributed by atoms with Gasteiger partial charge in [0.2, 0.25) is 10.0 Å². The van der Waals surface area contributed by atoms with Crippen LogP contribution in [-0.4, -0.2) is 37.8 Å². The lowest BCUT2D eigenvalue weighted by atomic mass is 10.1. The number of amides is 1. The van der Waals surface area contributed by atoms with Crippen molar-refractivity contribution in [3.05, 3.63) is 58.1 Å². The van der Waals surface area contributed by atoms with E-state index in [4.69, 9.17) is 23.8 Å². The van der Waals surface area contributed by atoms with Gasteiger partial charge in [0, 0.05) is 25.3 Å². The molecular weight excluding hydrogens is 420 g/mol. The highest BCUT2D eigenvalue weighted by Crippen LogP contribution is 2.24. The van der Waals surface area contributed by atoms with Crippen LogP contribution in [0.5, 0.6) is 0 Å². The highest BCUT2D eigenvalue weighted by molar-refractivity contribution is 7.89. The number of anilines is 1. The molecule has 1 amide bonds. The van der Waals surface area contributed by atoms with Crippen molar-refractivity contribution in [2.24, 2.45) is 0 Å². The van der Waals surface area contributed by atoms with Crippen molar-refractivity contribution < 1.29 is 13.2 Å². The Labute approximate surface area is 175 Å². The van der Waals surface area contributed by atoms with E-state index in [0.29, 0.717) is 0 Å². The van der Waals surface area contributed by atoms with Gasteiger partial charge in [-0.25, -0.2) is 12.7 Å². The maximum absolute atomic E-state index is 12.4. The molecule has 0 unspecified atom stereocenters. The zero-order valence-corrected chi connectivity index (χ0v) is 18.2. The first-order chi connectivity index (χ1) is 13.0. The van der Waals surface area contributed by atoms with Gasteiger partial charge in [0.1, 0.15) is 4.90 Å². The van der Waals surface area contributed by atoms with Gasteiger partial charge >= 0.3 is 0 Å². The molecule has 0 atom stereocenters. The van der Waals surface area contributed by atoms with Crippen molar-refractivity contribution in [3.8, 4) is 0 Å². The third-order valence-electron chi connectivity index (χ3n) is 4.09. The van der Waals surface area contributed by atoms with Crippen molar-refractivity contribution in [2.75, 3.05) is 19.4 Å². The number of sulfonamides is 1. The second-order valence-electron chi connectivity index (χ2n) is 6.21. The Morgan fingerprint density at radius 3 is 2.43 bits per heavy atom. The number of benzene rings is 2. The molecule has 3 N–H and O–H groups in total. The van der Waals surface area contributed by atoms with Gasteiger partial charge in [-0.1, -0.05) is 23.7 Å². The number of aryl methyl sites for hydroxylation is 1. The smallest absolute Gasteiger partial charge is 0.269 e. The van der Waals surface area contributed by atoms with Crippen molar-refractivity contribution in [1.29, 1.82) is 0 Å². The first kappa shape index (κ1) is 22.1. The zero-order chi connectivity index (χ0) is 21.1. The molecule has 2 rings (SSSR count). The van der Waals surface area contributed by atoms with Gasteiger partial charge in [-0.2, -0.15) is 0 Å². The van der Waals surface area contributed by atoms with Gasteiger partial charge < -0.3 is 5.32 Å². The predicted octanol–water partition coefficient (Wildman–Crippen LogP) is 2.84. The number of nitrogens with zero attached hydrogens (tertiary/aromatic N) is 1. The summed E-state index contributed by atoms with van der Waals surface area (Å²) in [6.07, 6.45) is 0. The van der Waals surface area contributed by atoms with Gasteiger partial charge in [0.05, 0.1) is 5.02 Å². The van der Waals surface area contributed by atoms with Gasteiger partial charge in [0.25, 0.3) is 5.91 Å². The lowest BCUT2D eigenvalue weighted by molar-refractivity contribution is 0.0944. The normalized spacial score (nSPS) is 11.2. The molecule has 28 heavy (non-hydrogen) atoms. The van der Waals surface area contributed by atoms with Crippen LogP contribution in [0.2, 0.25) is 5.02 Å². The van der Waals surface area contributed by atoms with Crippen LogP contribution in [-0.2, 0) is 10.0 Å². The molecule has 2 aromatic carbocycles. The quantitative estimate of drug-likeness (QED) is 0.500. The third-order valence-corrected chi connectivity index (χ3v) is 6.60. The second-order valence-corrected chi connectivity index (χ2v) is 9.15. The second kappa shape index (κ2) is 8.87. The number of thiocarbonyl (C=S) groups is 1. The number of hydrazine groups is 1. The summed E-state index contributed by atoms with van der Waals surface area (Å²) >= 11 is 11.2. The summed E-state index contributed by atoms with van der Waals surface area (Å²) in [4.78, 5) is 12.2. The van der Waals surface area contributed by atoms with Crippen LogP contribution < -0.4 is 16.2 Å². The Hall–Kier alpha value is -2.20. The minimum atomic E-state index is -3.78. The number of hydrogen-bond donors (Lipinski definition) is 3. The highest BCUT2D eigenvalue weighted by atomic mass is 35.5. The van der Waals surface area contributed by atoms with E-state index in [1.54, 1.807) is 0 Å². The van der Waals surface area contributed by atoms with Gasteiger partial charge in [0.15, 0.2) is 5.11 Å². The van der Waals surface area contributed by atoms with E-state index in [1.165, 1.54) is 32.3 Å². The van der Waals surface area contributed by atoms with E-state index in [-0.39, 0.29) is 20.6 Å². The molecule has 0 spiro atoms. The molecule has 0 aliphatic carbocycles. The number of carbonyl (C=O) groups is 1. The van der Waals surface area contributed by atoms with Crippen molar-refractivity contribution in [1.82, 2.24) is 15.2 Å². The lowest BCUT2D eigenvalue weighted by Gasteiger charge is -2.15. The molecular formula is C18H21ClN4O3S2. The van der Waals surface area contributed by atoms with E-state index in [0.717, 1.165) is 21.1 Å². The largest absolute Gasteiger partial charge is 0.331 e. The Kier molecular flexibility index (Phi) is 7.00. The number of nitrogens with one attached hydrogen (secondary N) is 3. The fourth-order valence-electron chi connectivity index (χ4n) is 2.26. The summed E-state index contributed by atoms with van der Waals surface area (Å²) in [5.41, 5.74) is 8.11. The molecule has 0 fully saturated rings. The van der Waals surface area contributed by atoms with Gasteiger partial charge in [-0.3, -0.25) is 15.6 Å². The molecule has 0 aliphatic heterocycles. The maximum atomic E-state index is 12.4. The van der Waals surface area contributed by atoms with E-state index < -0.39 is 15.9 Å². The molecule has 0 heterocycles. The topological polar surface area (TPSA) is 90.5 Å². The minimum Gasteiger partial charge on any atom is -0.331 e. The molecule has 150 valence electrons. The minimum absolute atomic E-state index is 0.0327. The molecule has 0 aromatic heterocycles. The van der Waals surface area contributed by atoms with Gasteiger partial charge in [-0.05, 0) is 61.5 Å². The Balaban J connectivity index is 2.09. The molecule has 2 aromatic rings.